The standard InChI is InChI=1S/C24H18F3N5O3/c1-14-2-4-17(10-16(14)5-3-15-12-29-22(28)30-13-15)21(33)31-19-11-18(24(25,26)27)6-7-20(19)32-8-9-35-23(32)34/h2,4,6-7,10-13H,8-9H2,1H3,(H,31,33)(H2,28,29,30). The Hall–Kier alpha value is -4.59. The molecule has 3 aromatic rings. The Morgan fingerprint density at radius 3 is 2.54 bits per heavy atom. The van der Waals surface area contributed by atoms with Crippen molar-refractivity contribution in [2.45, 2.75) is 13.1 Å². The second kappa shape index (κ2) is 9.34. The number of carbonyl (C=O) groups is 2. The Morgan fingerprint density at radius 1 is 1.14 bits per heavy atom. The molecule has 35 heavy (non-hydrogen) atoms. The van der Waals surface area contributed by atoms with Crippen molar-refractivity contribution < 1.29 is 27.5 Å². The van der Waals surface area contributed by atoms with Gasteiger partial charge in [-0.1, -0.05) is 17.9 Å². The lowest BCUT2D eigenvalue weighted by Gasteiger charge is -2.20. The fraction of sp³-hybridized carbons (Fsp3) is 0.167. The number of carbonyl (C=O) groups excluding carboxylic acids is 2. The minimum absolute atomic E-state index is 0.0896. The first-order chi connectivity index (χ1) is 16.6. The van der Waals surface area contributed by atoms with Gasteiger partial charge in [-0.25, -0.2) is 14.8 Å². The maximum Gasteiger partial charge on any atom is 0.416 e. The van der Waals surface area contributed by atoms with E-state index >= 15 is 0 Å². The molecule has 0 unspecified atom stereocenters. The summed E-state index contributed by atoms with van der Waals surface area (Å²) in [5, 5.41) is 2.49. The number of hydrogen-bond donors (Lipinski definition) is 2. The van der Waals surface area contributed by atoms with E-state index in [2.05, 4.69) is 27.1 Å². The highest BCUT2D eigenvalue weighted by atomic mass is 19.4. The van der Waals surface area contributed by atoms with E-state index in [4.69, 9.17) is 10.5 Å². The summed E-state index contributed by atoms with van der Waals surface area (Å²) < 4.78 is 44.8. The van der Waals surface area contributed by atoms with Gasteiger partial charge in [0.15, 0.2) is 0 Å². The summed E-state index contributed by atoms with van der Waals surface area (Å²) in [6.45, 7) is 2.04. The van der Waals surface area contributed by atoms with E-state index in [1.807, 2.05) is 0 Å². The molecule has 1 aliphatic heterocycles. The second-order valence-corrected chi connectivity index (χ2v) is 7.56. The zero-order chi connectivity index (χ0) is 25.2. The number of nitrogens with zero attached hydrogens (tertiary/aromatic N) is 3. The van der Waals surface area contributed by atoms with Crippen LogP contribution < -0.4 is 16.0 Å². The van der Waals surface area contributed by atoms with Crippen molar-refractivity contribution in [1.29, 1.82) is 0 Å². The summed E-state index contributed by atoms with van der Waals surface area (Å²) in [4.78, 5) is 33.9. The number of aromatic nitrogens is 2. The highest BCUT2D eigenvalue weighted by Gasteiger charge is 2.33. The Morgan fingerprint density at radius 2 is 1.89 bits per heavy atom. The Kier molecular flexibility index (Phi) is 6.29. The molecule has 0 spiro atoms. The minimum Gasteiger partial charge on any atom is -0.447 e. The normalized spacial score (nSPS) is 13.1. The molecule has 0 saturated carbocycles. The molecule has 178 valence electrons. The third-order valence-corrected chi connectivity index (χ3v) is 5.14. The summed E-state index contributed by atoms with van der Waals surface area (Å²) in [6, 6.07) is 7.48. The van der Waals surface area contributed by atoms with Crippen molar-refractivity contribution in [2.75, 3.05) is 29.1 Å². The second-order valence-electron chi connectivity index (χ2n) is 7.56. The number of alkyl halides is 3. The summed E-state index contributed by atoms with van der Waals surface area (Å²) >= 11 is 0. The van der Waals surface area contributed by atoms with Crippen LogP contribution in [0.4, 0.5) is 35.3 Å². The van der Waals surface area contributed by atoms with Gasteiger partial charge in [-0.15, -0.1) is 0 Å². The summed E-state index contributed by atoms with van der Waals surface area (Å²) in [5.74, 6) is 5.25. The van der Waals surface area contributed by atoms with Crippen LogP contribution in [0.15, 0.2) is 48.8 Å². The SMILES string of the molecule is Cc1ccc(C(=O)Nc2cc(C(F)(F)F)ccc2N2CCOC2=O)cc1C#Cc1cnc(N)nc1. The van der Waals surface area contributed by atoms with Crippen LogP contribution in [0.1, 0.15) is 32.6 Å². The molecule has 0 bridgehead atoms. The molecule has 3 N–H and O–H groups in total. The lowest BCUT2D eigenvalue weighted by Crippen LogP contribution is -2.26. The van der Waals surface area contributed by atoms with Gasteiger partial charge < -0.3 is 15.8 Å². The van der Waals surface area contributed by atoms with Gasteiger partial charge >= 0.3 is 12.3 Å². The molecular weight excluding hydrogens is 463 g/mol. The van der Waals surface area contributed by atoms with Crippen LogP contribution in [0.25, 0.3) is 0 Å². The topological polar surface area (TPSA) is 110 Å². The Labute approximate surface area is 197 Å². The van der Waals surface area contributed by atoms with Crippen molar-refractivity contribution in [3.63, 3.8) is 0 Å². The molecular formula is C24H18F3N5O3. The number of benzene rings is 2. The lowest BCUT2D eigenvalue weighted by atomic mass is 10.0. The quantitative estimate of drug-likeness (QED) is 0.548. The number of halogens is 3. The van der Waals surface area contributed by atoms with Gasteiger partial charge in [0, 0.05) is 23.5 Å². The summed E-state index contributed by atoms with van der Waals surface area (Å²) in [6.07, 6.45) is -2.43. The van der Waals surface area contributed by atoms with Crippen LogP contribution in [-0.4, -0.2) is 35.1 Å². The molecule has 1 saturated heterocycles. The van der Waals surface area contributed by atoms with E-state index in [0.717, 1.165) is 28.7 Å². The Bertz CT molecular complexity index is 1360. The third kappa shape index (κ3) is 5.33. The zero-order valence-corrected chi connectivity index (χ0v) is 18.3. The van der Waals surface area contributed by atoms with Gasteiger partial charge in [0.2, 0.25) is 5.95 Å². The Balaban J connectivity index is 1.65. The van der Waals surface area contributed by atoms with Gasteiger partial charge in [-0.2, -0.15) is 13.2 Å². The number of cyclic esters (lactones) is 1. The average Bonchev–Trinajstić information content (AvgIpc) is 3.24. The van der Waals surface area contributed by atoms with Crippen LogP contribution in [0.3, 0.4) is 0 Å². The monoisotopic (exact) mass is 481 g/mol. The van der Waals surface area contributed by atoms with Crippen LogP contribution in [-0.2, 0) is 10.9 Å². The number of amides is 2. The molecule has 2 heterocycles. The number of rotatable bonds is 3. The number of hydrogen-bond acceptors (Lipinski definition) is 6. The smallest absolute Gasteiger partial charge is 0.416 e. The molecule has 11 heteroatoms. The molecule has 1 aliphatic rings. The first-order valence-electron chi connectivity index (χ1n) is 10.3. The molecule has 2 aromatic carbocycles. The first-order valence-corrected chi connectivity index (χ1v) is 10.3. The van der Waals surface area contributed by atoms with E-state index in [9.17, 15) is 22.8 Å². The minimum atomic E-state index is -4.64. The predicted molar refractivity (Wildman–Crippen MR) is 122 cm³/mol. The number of ether oxygens (including phenoxy) is 1. The average molecular weight is 481 g/mol. The number of aryl methyl sites for hydroxylation is 1. The largest absolute Gasteiger partial charge is 0.447 e. The molecule has 0 aliphatic carbocycles. The molecule has 1 aromatic heterocycles. The summed E-state index contributed by atoms with van der Waals surface area (Å²) in [5.41, 5.74) is 6.42. The van der Waals surface area contributed by atoms with Crippen molar-refractivity contribution in [2.24, 2.45) is 0 Å². The fourth-order valence-corrected chi connectivity index (χ4v) is 3.29. The number of nitrogens with one attached hydrogen (secondary N) is 1. The van der Waals surface area contributed by atoms with Crippen molar-refractivity contribution in [1.82, 2.24) is 9.97 Å². The number of nitrogen functional groups attached to an aromatic ring is 1. The first kappa shape index (κ1) is 23.6. The summed E-state index contributed by atoms with van der Waals surface area (Å²) in [7, 11) is 0. The molecule has 0 atom stereocenters. The van der Waals surface area contributed by atoms with Crippen LogP contribution in [0.2, 0.25) is 0 Å². The highest BCUT2D eigenvalue weighted by Crippen LogP contribution is 2.36. The maximum absolute atomic E-state index is 13.3. The van der Waals surface area contributed by atoms with E-state index in [1.165, 1.54) is 24.5 Å². The van der Waals surface area contributed by atoms with Crippen LogP contribution in [0.5, 0.6) is 0 Å². The molecule has 4 rings (SSSR count). The number of nitrogens with two attached hydrogens (primary N) is 1. The third-order valence-electron chi connectivity index (χ3n) is 5.14. The van der Waals surface area contributed by atoms with Crippen molar-refractivity contribution in [3.8, 4) is 11.8 Å². The van der Waals surface area contributed by atoms with Crippen molar-refractivity contribution >= 4 is 29.3 Å². The van der Waals surface area contributed by atoms with Crippen molar-refractivity contribution in [3.05, 3.63) is 76.6 Å². The van der Waals surface area contributed by atoms with Gasteiger partial charge in [-0.3, -0.25) is 9.69 Å². The van der Waals surface area contributed by atoms with Gasteiger partial charge in [0.05, 0.1) is 29.0 Å². The highest BCUT2D eigenvalue weighted by molar-refractivity contribution is 6.07. The predicted octanol–water partition coefficient (Wildman–Crippen LogP) is 3.99. The zero-order valence-electron chi connectivity index (χ0n) is 18.3. The molecule has 0 radical (unpaired) electrons. The molecule has 1 fully saturated rings. The van der Waals surface area contributed by atoms with E-state index in [-0.39, 0.29) is 36.0 Å². The number of anilines is 3. The molecule has 8 nitrogen and oxygen atoms in total. The van der Waals surface area contributed by atoms with Crippen LogP contribution >= 0.6 is 0 Å². The fourth-order valence-electron chi connectivity index (χ4n) is 3.29. The maximum atomic E-state index is 13.3. The van der Waals surface area contributed by atoms with Gasteiger partial charge in [0.25, 0.3) is 5.91 Å². The van der Waals surface area contributed by atoms with E-state index < -0.39 is 23.7 Å². The van der Waals surface area contributed by atoms with Gasteiger partial charge in [0.1, 0.15) is 6.61 Å². The van der Waals surface area contributed by atoms with Crippen LogP contribution in [0, 0.1) is 18.8 Å². The van der Waals surface area contributed by atoms with Gasteiger partial charge in [-0.05, 0) is 42.8 Å². The lowest BCUT2D eigenvalue weighted by molar-refractivity contribution is -0.137. The van der Waals surface area contributed by atoms with E-state index in [0.29, 0.717) is 11.1 Å². The molecule has 2 amide bonds. The van der Waals surface area contributed by atoms with E-state index in [1.54, 1.807) is 13.0 Å².